The van der Waals surface area contributed by atoms with Crippen molar-refractivity contribution in [2.24, 2.45) is 0 Å². The molecule has 0 aliphatic heterocycles. The Labute approximate surface area is 158 Å². The molecular weight excluding hydrogens is 344 g/mol. The minimum atomic E-state index is -1.48. The maximum atomic E-state index is 13.8. The number of hydrogen-bond donors (Lipinski definition) is 1. The molecule has 2 nitrogen and oxygen atoms in total. The first-order valence-corrected chi connectivity index (χ1v) is 8.94. The van der Waals surface area contributed by atoms with Crippen LogP contribution in [0.4, 0.5) is 8.78 Å². The molecule has 1 N–H and O–H groups in total. The Morgan fingerprint density at radius 3 is 1.89 bits per heavy atom. The molecular formula is C23H23F2NO. The molecule has 0 atom stereocenters. The van der Waals surface area contributed by atoms with E-state index in [1.165, 1.54) is 29.8 Å². The summed E-state index contributed by atoms with van der Waals surface area (Å²) in [6, 6.07) is 21.8. The predicted octanol–water partition coefficient (Wildman–Crippen LogP) is 4.72. The maximum Gasteiger partial charge on any atom is 0.123 e. The second-order valence-corrected chi connectivity index (χ2v) is 6.85. The molecule has 0 bridgehead atoms. The summed E-state index contributed by atoms with van der Waals surface area (Å²) in [7, 11) is 1.96. The van der Waals surface area contributed by atoms with Crippen molar-refractivity contribution in [1.29, 1.82) is 0 Å². The summed E-state index contributed by atoms with van der Waals surface area (Å²) in [6.45, 7) is 1.28. The molecule has 4 heteroatoms. The van der Waals surface area contributed by atoms with Gasteiger partial charge in [0.25, 0.3) is 0 Å². The normalized spacial score (nSPS) is 11.7. The lowest BCUT2D eigenvalue weighted by Gasteiger charge is -2.31. The third-order valence-corrected chi connectivity index (χ3v) is 4.76. The van der Waals surface area contributed by atoms with Crippen LogP contribution in [0.2, 0.25) is 0 Å². The van der Waals surface area contributed by atoms with Crippen LogP contribution in [0.1, 0.15) is 23.1 Å². The zero-order chi connectivity index (χ0) is 19.3. The van der Waals surface area contributed by atoms with E-state index < -0.39 is 17.2 Å². The molecule has 0 aromatic heterocycles. The molecule has 3 rings (SSSR count). The Kier molecular flexibility index (Phi) is 5.99. The van der Waals surface area contributed by atoms with Gasteiger partial charge in [0.15, 0.2) is 0 Å². The first-order valence-electron chi connectivity index (χ1n) is 8.94. The quantitative estimate of drug-likeness (QED) is 0.653. The van der Waals surface area contributed by atoms with E-state index in [0.717, 1.165) is 6.54 Å². The molecule has 0 fully saturated rings. The van der Waals surface area contributed by atoms with Crippen LogP contribution in [-0.2, 0) is 12.1 Å². The largest absolute Gasteiger partial charge is 0.380 e. The molecule has 3 aromatic carbocycles. The minimum Gasteiger partial charge on any atom is -0.380 e. The maximum absolute atomic E-state index is 13.8. The SMILES string of the molecule is CN(CCC(O)(c1cccc(F)c1)c1cccc(F)c1)Cc1ccccc1. The van der Waals surface area contributed by atoms with Crippen LogP contribution in [0.25, 0.3) is 0 Å². The van der Waals surface area contributed by atoms with E-state index in [-0.39, 0.29) is 0 Å². The van der Waals surface area contributed by atoms with Crippen molar-refractivity contribution in [3.63, 3.8) is 0 Å². The van der Waals surface area contributed by atoms with E-state index in [9.17, 15) is 13.9 Å². The first-order chi connectivity index (χ1) is 13.0. The lowest BCUT2D eigenvalue weighted by atomic mass is 9.83. The molecule has 140 valence electrons. The van der Waals surface area contributed by atoms with Gasteiger partial charge in [-0.1, -0.05) is 54.6 Å². The summed E-state index contributed by atoms with van der Waals surface area (Å²) >= 11 is 0. The van der Waals surface area contributed by atoms with E-state index in [2.05, 4.69) is 4.90 Å². The fourth-order valence-corrected chi connectivity index (χ4v) is 3.27. The van der Waals surface area contributed by atoms with Crippen molar-refractivity contribution in [2.45, 2.75) is 18.6 Å². The standard InChI is InChI=1S/C23H23F2NO/c1-26(17-18-7-3-2-4-8-18)14-13-23(27,19-9-5-11-21(24)15-19)20-10-6-12-22(25)16-20/h2-12,15-16,27H,13-14,17H2,1H3. The van der Waals surface area contributed by atoms with Gasteiger partial charge in [-0.05, 0) is 54.4 Å². The Hall–Kier alpha value is -2.56. The first kappa shape index (κ1) is 19.2. The van der Waals surface area contributed by atoms with Gasteiger partial charge in [0.1, 0.15) is 17.2 Å². The Morgan fingerprint density at radius 2 is 1.37 bits per heavy atom. The van der Waals surface area contributed by atoms with E-state index in [1.54, 1.807) is 24.3 Å². The van der Waals surface area contributed by atoms with Gasteiger partial charge in [-0.3, -0.25) is 0 Å². The van der Waals surface area contributed by atoms with Gasteiger partial charge in [-0.15, -0.1) is 0 Å². The number of benzene rings is 3. The summed E-state index contributed by atoms with van der Waals surface area (Å²) < 4.78 is 27.6. The summed E-state index contributed by atoms with van der Waals surface area (Å²) in [4.78, 5) is 2.08. The highest BCUT2D eigenvalue weighted by Gasteiger charge is 2.32. The molecule has 0 heterocycles. The zero-order valence-corrected chi connectivity index (χ0v) is 15.3. The van der Waals surface area contributed by atoms with Gasteiger partial charge in [-0.2, -0.15) is 0 Å². The van der Waals surface area contributed by atoms with Gasteiger partial charge < -0.3 is 10.0 Å². The van der Waals surface area contributed by atoms with Crippen LogP contribution >= 0.6 is 0 Å². The number of nitrogens with zero attached hydrogens (tertiary/aromatic N) is 1. The topological polar surface area (TPSA) is 23.5 Å². The van der Waals surface area contributed by atoms with Crippen LogP contribution in [-0.4, -0.2) is 23.6 Å². The highest BCUT2D eigenvalue weighted by molar-refractivity contribution is 5.36. The van der Waals surface area contributed by atoms with Crippen molar-refractivity contribution in [2.75, 3.05) is 13.6 Å². The number of aliphatic hydroxyl groups is 1. The van der Waals surface area contributed by atoms with Crippen LogP contribution < -0.4 is 0 Å². The van der Waals surface area contributed by atoms with Gasteiger partial charge in [-0.25, -0.2) is 8.78 Å². The van der Waals surface area contributed by atoms with E-state index in [4.69, 9.17) is 0 Å². The third-order valence-electron chi connectivity index (χ3n) is 4.76. The number of halogens is 2. The minimum absolute atomic E-state index is 0.309. The van der Waals surface area contributed by atoms with E-state index >= 15 is 0 Å². The molecule has 0 unspecified atom stereocenters. The molecule has 0 amide bonds. The summed E-state index contributed by atoms with van der Waals surface area (Å²) in [5.74, 6) is -0.861. The Morgan fingerprint density at radius 1 is 0.815 bits per heavy atom. The molecule has 27 heavy (non-hydrogen) atoms. The second kappa shape index (κ2) is 8.42. The molecule has 3 aromatic rings. The molecule has 0 radical (unpaired) electrons. The zero-order valence-electron chi connectivity index (χ0n) is 15.3. The van der Waals surface area contributed by atoms with Gasteiger partial charge >= 0.3 is 0 Å². The average molecular weight is 367 g/mol. The molecule has 0 saturated carbocycles. The van der Waals surface area contributed by atoms with Crippen molar-refractivity contribution in [3.8, 4) is 0 Å². The van der Waals surface area contributed by atoms with Crippen molar-refractivity contribution in [3.05, 3.63) is 107 Å². The van der Waals surface area contributed by atoms with E-state index in [0.29, 0.717) is 24.1 Å². The van der Waals surface area contributed by atoms with Crippen LogP contribution in [0.15, 0.2) is 78.9 Å². The van der Waals surface area contributed by atoms with Gasteiger partial charge in [0, 0.05) is 13.1 Å². The number of hydrogen-bond acceptors (Lipinski definition) is 2. The van der Waals surface area contributed by atoms with Crippen molar-refractivity contribution >= 4 is 0 Å². The molecule has 0 saturated heterocycles. The molecule has 0 aliphatic rings. The average Bonchev–Trinajstić information content (AvgIpc) is 2.67. The van der Waals surface area contributed by atoms with Crippen LogP contribution in [0.3, 0.4) is 0 Å². The fourth-order valence-electron chi connectivity index (χ4n) is 3.27. The summed E-state index contributed by atoms with van der Waals surface area (Å²) in [6.07, 6.45) is 0.309. The van der Waals surface area contributed by atoms with E-state index in [1.807, 2.05) is 37.4 Å². The highest BCUT2D eigenvalue weighted by atomic mass is 19.1. The van der Waals surface area contributed by atoms with Crippen molar-refractivity contribution in [1.82, 2.24) is 4.90 Å². The molecule has 0 spiro atoms. The Balaban J connectivity index is 1.84. The monoisotopic (exact) mass is 367 g/mol. The lowest BCUT2D eigenvalue weighted by Crippen LogP contribution is -2.33. The fraction of sp³-hybridized carbons (Fsp3) is 0.217. The number of rotatable bonds is 7. The Bertz CT molecular complexity index is 837. The highest BCUT2D eigenvalue weighted by Crippen LogP contribution is 2.34. The predicted molar refractivity (Wildman–Crippen MR) is 103 cm³/mol. The third kappa shape index (κ3) is 4.79. The van der Waals surface area contributed by atoms with Gasteiger partial charge in [0.2, 0.25) is 0 Å². The van der Waals surface area contributed by atoms with Crippen LogP contribution in [0.5, 0.6) is 0 Å². The summed E-state index contributed by atoms with van der Waals surface area (Å²) in [5.41, 5.74) is 0.525. The smallest absolute Gasteiger partial charge is 0.123 e. The summed E-state index contributed by atoms with van der Waals surface area (Å²) in [5, 5.41) is 11.5. The lowest BCUT2D eigenvalue weighted by molar-refractivity contribution is 0.0590. The second-order valence-electron chi connectivity index (χ2n) is 6.85. The molecule has 0 aliphatic carbocycles. The van der Waals surface area contributed by atoms with Crippen molar-refractivity contribution < 1.29 is 13.9 Å². The van der Waals surface area contributed by atoms with Crippen LogP contribution in [0, 0.1) is 11.6 Å². The van der Waals surface area contributed by atoms with Gasteiger partial charge in [0.05, 0.1) is 0 Å².